The quantitative estimate of drug-likeness (QED) is 0.673. The van der Waals surface area contributed by atoms with Gasteiger partial charge in [-0.2, -0.15) is 0 Å². The van der Waals surface area contributed by atoms with Crippen molar-refractivity contribution in [3.8, 4) is 0 Å². The first-order valence-corrected chi connectivity index (χ1v) is 8.53. The lowest BCUT2D eigenvalue weighted by Crippen LogP contribution is -2.12. The van der Waals surface area contributed by atoms with Gasteiger partial charge in [0.25, 0.3) is 5.91 Å². The van der Waals surface area contributed by atoms with E-state index in [1.54, 1.807) is 13.0 Å². The molecule has 0 saturated heterocycles. The van der Waals surface area contributed by atoms with Crippen LogP contribution in [0.2, 0.25) is 0 Å². The number of aromatic nitrogens is 1. The van der Waals surface area contributed by atoms with E-state index in [1.165, 1.54) is 10.6 Å². The molecular weight excluding hydrogens is 306 g/mol. The lowest BCUT2D eigenvalue weighted by Gasteiger charge is -2.07. The average molecular weight is 323 g/mol. The summed E-state index contributed by atoms with van der Waals surface area (Å²) in [6.07, 6.45) is 3.18. The van der Waals surface area contributed by atoms with Crippen LogP contribution in [0.15, 0.2) is 76.7 Å². The molecule has 0 amide bonds. The fourth-order valence-corrected chi connectivity index (χ4v) is 3.71. The molecule has 0 saturated carbocycles. The van der Waals surface area contributed by atoms with Gasteiger partial charge in [0.1, 0.15) is 15.8 Å². The Bertz CT molecular complexity index is 920. The molecule has 0 aliphatic carbocycles. The van der Waals surface area contributed by atoms with E-state index in [0.717, 1.165) is 16.5 Å². The van der Waals surface area contributed by atoms with E-state index in [-0.39, 0.29) is 5.91 Å². The van der Waals surface area contributed by atoms with Gasteiger partial charge in [0.15, 0.2) is 0 Å². The monoisotopic (exact) mass is 323 g/mol. The second-order valence-corrected chi connectivity index (χ2v) is 6.72. The van der Waals surface area contributed by atoms with Crippen LogP contribution in [0.25, 0.3) is 10.9 Å². The summed E-state index contributed by atoms with van der Waals surface area (Å²) in [6, 6.07) is 16.9. The summed E-state index contributed by atoms with van der Waals surface area (Å²) in [5, 5.41) is 1.40. The predicted molar refractivity (Wildman–Crippen MR) is 93.2 cm³/mol. The molecule has 116 valence electrons. The molecule has 23 heavy (non-hydrogen) atoms. The maximum Gasteiger partial charge on any atom is 0.255 e. The van der Waals surface area contributed by atoms with Gasteiger partial charge in [-0.25, -0.2) is 4.21 Å². The van der Waals surface area contributed by atoms with Gasteiger partial charge in [-0.1, -0.05) is 42.0 Å². The van der Waals surface area contributed by atoms with E-state index in [1.807, 2.05) is 61.5 Å². The van der Waals surface area contributed by atoms with Crippen molar-refractivity contribution in [1.82, 2.24) is 4.57 Å². The molecule has 0 aliphatic rings. The molecule has 1 unspecified atom stereocenters. The molecule has 0 N–H and O–H groups in total. The number of allylic oxidation sites excluding steroid dienone is 2. The number of benzene rings is 2. The van der Waals surface area contributed by atoms with Gasteiger partial charge in [-0.15, -0.1) is 0 Å². The minimum Gasteiger partial charge on any atom is -0.269 e. The maximum atomic E-state index is 13.0. The molecule has 0 aliphatic heterocycles. The summed E-state index contributed by atoms with van der Waals surface area (Å²) in [7, 11) is -1.42. The third-order valence-corrected chi connectivity index (χ3v) is 5.01. The number of hydrogen-bond acceptors (Lipinski definition) is 2. The Morgan fingerprint density at radius 1 is 1.09 bits per heavy atom. The van der Waals surface area contributed by atoms with Crippen LogP contribution in [0, 0.1) is 6.92 Å². The summed E-state index contributed by atoms with van der Waals surface area (Å²) in [5.74, 6) is -0.191. The topological polar surface area (TPSA) is 39.1 Å². The lowest BCUT2D eigenvalue weighted by molar-refractivity contribution is 0.0965. The van der Waals surface area contributed by atoms with Crippen LogP contribution in [-0.4, -0.2) is 14.7 Å². The number of hydrogen-bond donors (Lipinski definition) is 0. The van der Waals surface area contributed by atoms with Crippen LogP contribution in [0.1, 0.15) is 17.3 Å². The molecule has 0 radical (unpaired) electrons. The third-order valence-electron chi connectivity index (χ3n) is 3.63. The molecule has 3 nitrogen and oxygen atoms in total. The van der Waals surface area contributed by atoms with Crippen molar-refractivity contribution in [1.29, 1.82) is 0 Å². The molecule has 0 fully saturated rings. The van der Waals surface area contributed by atoms with E-state index in [0.29, 0.717) is 9.92 Å². The highest BCUT2D eigenvalue weighted by Gasteiger charge is 2.19. The van der Waals surface area contributed by atoms with Gasteiger partial charge in [0.2, 0.25) is 0 Å². The second-order valence-electron chi connectivity index (χ2n) is 5.30. The number of carbonyl (C=O) groups is 1. The van der Waals surface area contributed by atoms with E-state index in [9.17, 15) is 9.00 Å². The van der Waals surface area contributed by atoms with Crippen molar-refractivity contribution in [2.45, 2.75) is 23.8 Å². The molecule has 4 heteroatoms. The third kappa shape index (κ3) is 2.90. The molecule has 0 bridgehead atoms. The Balaban J connectivity index is 2.20. The van der Waals surface area contributed by atoms with Crippen LogP contribution in [0.5, 0.6) is 0 Å². The molecule has 1 atom stereocenters. The molecule has 1 heterocycles. The summed E-state index contributed by atoms with van der Waals surface area (Å²) in [5.41, 5.74) is 1.88. The number of nitrogens with zero attached hydrogens (tertiary/aromatic N) is 1. The van der Waals surface area contributed by atoms with Crippen LogP contribution in [-0.2, 0) is 10.8 Å². The van der Waals surface area contributed by atoms with Crippen molar-refractivity contribution >= 4 is 27.6 Å². The zero-order chi connectivity index (χ0) is 16.4. The van der Waals surface area contributed by atoms with Crippen molar-refractivity contribution in [2.75, 3.05) is 0 Å². The molecule has 3 aromatic rings. The predicted octanol–water partition coefficient (Wildman–Crippen LogP) is 4.33. The fraction of sp³-hybridized carbons (Fsp3) is 0.105. The van der Waals surface area contributed by atoms with Crippen LogP contribution < -0.4 is 0 Å². The average Bonchev–Trinajstić information content (AvgIpc) is 2.94. The van der Waals surface area contributed by atoms with Gasteiger partial charge in [-0.3, -0.25) is 9.36 Å². The van der Waals surface area contributed by atoms with Crippen molar-refractivity contribution in [2.24, 2.45) is 0 Å². The first-order chi connectivity index (χ1) is 11.1. The summed E-state index contributed by atoms with van der Waals surface area (Å²) >= 11 is 0. The highest BCUT2D eigenvalue weighted by molar-refractivity contribution is 7.85. The number of aryl methyl sites for hydroxylation is 1. The minimum atomic E-state index is -1.42. The first kappa shape index (κ1) is 15.4. The first-order valence-electron chi connectivity index (χ1n) is 7.38. The van der Waals surface area contributed by atoms with Gasteiger partial charge in [-0.05, 0) is 44.2 Å². The molecule has 1 aromatic heterocycles. The Labute approximate surface area is 137 Å². The molecule has 3 rings (SSSR count). The summed E-state index contributed by atoms with van der Waals surface area (Å²) in [6.45, 7) is 3.78. The molecule has 2 aromatic carbocycles. The van der Waals surface area contributed by atoms with Crippen molar-refractivity contribution in [3.05, 3.63) is 72.3 Å². The van der Waals surface area contributed by atoms with Gasteiger partial charge in [0.05, 0.1) is 5.52 Å². The highest BCUT2D eigenvalue weighted by Crippen LogP contribution is 2.25. The van der Waals surface area contributed by atoms with E-state index in [4.69, 9.17) is 0 Å². The van der Waals surface area contributed by atoms with E-state index < -0.39 is 10.8 Å². The number of carbonyl (C=O) groups excluding carboxylic acids is 1. The van der Waals surface area contributed by atoms with Gasteiger partial charge in [0, 0.05) is 10.3 Å². The van der Waals surface area contributed by atoms with Gasteiger partial charge >= 0.3 is 0 Å². The lowest BCUT2D eigenvalue weighted by atomic mass is 10.2. The fourth-order valence-electron chi connectivity index (χ4n) is 2.49. The van der Waals surface area contributed by atoms with E-state index in [2.05, 4.69) is 0 Å². The van der Waals surface area contributed by atoms with E-state index >= 15 is 0 Å². The number of fused-ring (bicyclic) bond motifs is 1. The highest BCUT2D eigenvalue weighted by atomic mass is 32.2. The largest absolute Gasteiger partial charge is 0.269 e. The normalized spacial score (nSPS) is 12.8. The zero-order valence-corrected chi connectivity index (χ0v) is 13.8. The molecular formula is C19H17NO2S. The maximum absolute atomic E-state index is 13.0. The zero-order valence-electron chi connectivity index (χ0n) is 13.0. The van der Waals surface area contributed by atoms with Crippen molar-refractivity contribution < 1.29 is 9.00 Å². The summed E-state index contributed by atoms with van der Waals surface area (Å²) < 4.78 is 14.5. The second kappa shape index (κ2) is 6.34. The SMILES string of the molecule is C/C=C/C(=O)n1c(S(=O)c2ccc(C)cc2)cc2ccccc21. The number of para-hydroxylation sites is 1. The number of rotatable bonds is 3. The molecule has 0 spiro atoms. The Morgan fingerprint density at radius 2 is 1.78 bits per heavy atom. The van der Waals surface area contributed by atoms with Crippen LogP contribution in [0.4, 0.5) is 0 Å². The van der Waals surface area contributed by atoms with Crippen LogP contribution >= 0.6 is 0 Å². The van der Waals surface area contributed by atoms with Crippen molar-refractivity contribution in [3.63, 3.8) is 0 Å². The Kier molecular flexibility index (Phi) is 4.26. The minimum absolute atomic E-state index is 0.191. The smallest absolute Gasteiger partial charge is 0.255 e. The Hall–Kier alpha value is -2.46. The van der Waals surface area contributed by atoms with Crippen LogP contribution in [0.3, 0.4) is 0 Å². The Morgan fingerprint density at radius 3 is 2.48 bits per heavy atom. The summed E-state index contributed by atoms with van der Waals surface area (Å²) in [4.78, 5) is 13.2. The van der Waals surface area contributed by atoms with Gasteiger partial charge < -0.3 is 0 Å². The standard InChI is InChI=1S/C19H17NO2S/c1-3-6-18(21)20-17-8-5-4-7-15(17)13-19(20)23(22)16-11-9-14(2)10-12-16/h3-13H,1-2H3/b6-3+.